The van der Waals surface area contributed by atoms with Gasteiger partial charge in [-0.2, -0.15) is 10.4 Å². The number of aliphatic imine (C=N–C) groups is 1. The summed E-state index contributed by atoms with van der Waals surface area (Å²) in [7, 11) is 0. The van der Waals surface area contributed by atoms with Crippen molar-refractivity contribution in [3.8, 4) is 6.07 Å². The van der Waals surface area contributed by atoms with Crippen LogP contribution in [-0.4, -0.2) is 14.6 Å². The van der Waals surface area contributed by atoms with Crippen molar-refractivity contribution in [1.82, 2.24) is 10.2 Å². The lowest BCUT2D eigenvalue weighted by Gasteiger charge is -2.18. The van der Waals surface area contributed by atoms with Crippen LogP contribution >= 0.6 is 23.5 Å². The van der Waals surface area contributed by atoms with Crippen molar-refractivity contribution in [1.29, 1.82) is 5.26 Å². The molecule has 0 fully saturated rings. The summed E-state index contributed by atoms with van der Waals surface area (Å²) in [6.07, 6.45) is 1.66. The van der Waals surface area contributed by atoms with Crippen molar-refractivity contribution in [3.05, 3.63) is 57.0 Å². The van der Waals surface area contributed by atoms with Crippen LogP contribution in [0.5, 0.6) is 0 Å². The Balaban J connectivity index is 1.79. The second kappa shape index (κ2) is 6.60. The molecule has 1 N–H and O–H groups in total. The summed E-state index contributed by atoms with van der Waals surface area (Å²) in [6.45, 7) is 3.92. The number of aryl methyl sites for hydroxylation is 1. The molecule has 0 radical (unpaired) electrons. The van der Waals surface area contributed by atoms with Gasteiger partial charge in [0.05, 0.1) is 28.8 Å². The highest BCUT2D eigenvalue weighted by atomic mass is 32.2. The molecular weight excluding hydrogens is 328 g/mol. The van der Waals surface area contributed by atoms with Gasteiger partial charge in [-0.25, -0.2) is 5.10 Å². The molecule has 2 aromatic rings. The van der Waals surface area contributed by atoms with Gasteiger partial charge in [0, 0.05) is 11.3 Å². The number of aromatic nitrogens is 2. The Morgan fingerprint density at radius 2 is 2.30 bits per heavy atom. The number of thioether (sulfide) groups is 2. The molecular formula is C16H14N4OS2. The van der Waals surface area contributed by atoms with E-state index in [2.05, 4.69) is 21.3 Å². The predicted molar refractivity (Wildman–Crippen MR) is 93.8 cm³/mol. The number of hydrogen-bond acceptors (Lipinski definition) is 6. The van der Waals surface area contributed by atoms with Gasteiger partial charge in [-0.1, -0.05) is 35.7 Å². The second-order valence-corrected chi connectivity index (χ2v) is 7.44. The van der Waals surface area contributed by atoms with Gasteiger partial charge >= 0.3 is 0 Å². The summed E-state index contributed by atoms with van der Waals surface area (Å²) < 4.78 is 0.839. The highest BCUT2D eigenvalue weighted by molar-refractivity contribution is 8.38. The standard InChI is InChI=1S/C16H14N4OS2/c1-9-3-4-11(12(5-9)6-17)8-22-16-19-10(2)13-7-18-20-15(21)14(13)23-16/h3-5,7,10H,8H2,1-2H3,(H,20,21). The molecule has 0 bridgehead atoms. The molecule has 1 aliphatic heterocycles. The van der Waals surface area contributed by atoms with Crippen LogP contribution in [0.2, 0.25) is 0 Å². The molecule has 0 spiro atoms. The summed E-state index contributed by atoms with van der Waals surface area (Å²) in [5.41, 5.74) is 3.42. The number of aromatic amines is 1. The lowest BCUT2D eigenvalue weighted by Crippen LogP contribution is -2.17. The molecule has 0 aliphatic carbocycles. The smallest absolute Gasteiger partial charge is 0.267 e. The number of H-pyrrole nitrogens is 1. The zero-order valence-electron chi connectivity index (χ0n) is 12.7. The number of benzene rings is 1. The Hall–Kier alpha value is -2.04. The maximum atomic E-state index is 11.9. The van der Waals surface area contributed by atoms with E-state index in [-0.39, 0.29) is 11.6 Å². The first-order valence-corrected chi connectivity index (χ1v) is 8.84. The van der Waals surface area contributed by atoms with E-state index in [4.69, 9.17) is 0 Å². The van der Waals surface area contributed by atoms with E-state index in [1.54, 1.807) is 18.0 Å². The molecule has 1 aromatic heterocycles. The molecule has 3 rings (SSSR count). The summed E-state index contributed by atoms with van der Waals surface area (Å²) >= 11 is 2.92. The fraction of sp³-hybridized carbons (Fsp3) is 0.250. The third kappa shape index (κ3) is 3.33. The minimum absolute atomic E-state index is 0.0861. The van der Waals surface area contributed by atoms with E-state index in [0.29, 0.717) is 16.2 Å². The van der Waals surface area contributed by atoms with Crippen LogP contribution in [0.1, 0.15) is 35.2 Å². The molecule has 1 aliphatic rings. The zero-order chi connectivity index (χ0) is 16.4. The second-order valence-electron chi connectivity index (χ2n) is 5.22. The third-order valence-electron chi connectivity index (χ3n) is 3.51. The Morgan fingerprint density at radius 1 is 1.48 bits per heavy atom. The molecule has 23 heavy (non-hydrogen) atoms. The van der Waals surface area contributed by atoms with Crippen LogP contribution in [0, 0.1) is 18.3 Å². The SMILES string of the molecule is Cc1ccc(CSC2=NC(C)c3cn[nH]c(=O)c3S2)c(C#N)c1. The van der Waals surface area contributed by atoms with E-state index in [9.17, 15) is 10.1 Å². The first-order valence-electron chi connectivity index (χ1n) is 7.04. The van der Waals surface area contributed by atoms with Crippen molar-refractivity contribution in [3.63, 3.8) is 0 Å². The number of fused-ring (bicyclic) bond motifs is 1. The van der Waals surface area contributed by atoms with Crippen LogP contribution in [0.25, 0.3) is 0 Å². The Labute approximate surface area is 142 Å². The van der Waals surface area contributed by atoms with Gasteiger partial charge < -0.3 is 0 Å². The van der Waals surface area contributed by atoms with Crippen molar-refractivity contribution >= 4 is 27.9 Å². The fourth-order valence-electron chi connectivity index (χ4n) is 2.27. The summed E-state index contributed by atoms with van der Waals surface area (Å²) in [5, 5.41) is 15.5. The Kier molecular flexibility index (Phi) is 4.55. The van der Waals surface area contributed by atoms with Gasteiger partial charge in [0.1, 0.15) is 4.38 Å². The van der Waals surface area contributed by atoms with Crippen molar-refractivity contribution < 1.29 is 0 Å². The highest BCUT2D eigenvalue weighted by Gasteiger charge is 2.22. The topological polar surface area (TPSA) is 81.9 Å². The van der Waals surface area contributed by atoms with Crippen LogP contribution in [0.3, 0.4) is 0 Å². The van der Waals surface area contributed by atoms with Gasteiger partial charge in [0.25, 0.3) is 5.56 Å². The number of nitriles is 1. The fourth-order valence-corrected chi connectivity index (χ4v) is 4.56. The lowest BCUT2D eigenvalue weighted by molar-refractivity contribution is 0.764. The lowest BCUT2D eigenvalue weighted by atomic mass is 10.1. The number of nitrogens with one attached hydrogen (secondary N) is 1. The number of hydrogen-bond donors (Lipinski definition) is 1. The maximum absolute atomic E-state index is 11.9. The summed E-state index contributed by atoms with van der Waals surface area (Å²) in [5.74, 6) is 0.653. The van der Waals surface area contributed by atoms with Gasteiger partial charge in [-0.3, -0.25) is 9.79 Å². The average molecular weight is 342 g/mol. The van der Waals surface area contributed by atoms with Crippen LogP contribution in [0.15, 0.2) is 39.1 Å². The normalized spacial score (nSPS) is 16.4. The molecule has 1 atom stereocenters. The van der Waals surface area contributed by atoms with Crippen molar-refractivity contribution in [2.75, 3.05) is 0 Å². The van der Waals surface area contributed by atoms with Crippen LogP contribution < -0.4 is 5.56 Å². The predicted octanol–water partition coefficient (Wildman–Crippen LogP) is 3.41. The van der Waals surface area contributed by atoms with Crippen molar-refractivity contribution in [2.45, 2.75) is 30.5 Å². The molecule has 0 saturated heterocycles. The minimum atomic E-state index is -0.180. The molecule has 1 unspecified atom stereocenters. The average Bonchev–Trinajstić information content (AvgIpc) is 2.54. The minimum Gasteiger partial charge on any atom is -0.267 e. The van der Waals surface area contributed by atoms with Gasteiger partial charge in [0.15, 0.2) is 0 Å². The summed E-state index contributed by atoms with van der Waals surface area (Å²) in [4.78, 5) is 17.2. The van der Waals surface area contributed by atoms with E-state index in [1.807, 2.05) is 32.0 Å². The first kappa shape index (κ1) is 15.8. The molecule has 1 aromatic carbocycles. The first-order chi connectivity index (χ1) is 11.1. The molecule has 0 amide bonds. The van der Waals surface area contributed by atoms with Crippen LogP contribution in [-0.2, 0) is 5.75 Å². The molecule has 0 saturated carbocycles. The highest BCUT2D eigenvalue weighted by Crippen LogP contribution is 2.37. The molecule has 116 valence electrons. The van der Waals surface area contributed by atoms with E-state index < -0.39 is 0 Å². The van der Waals surface area contributed by atoms with Crippen LogP contribution in [0.4, 0.5) is 0 Å². The van der Waals surface area contributed by atoms with E-state index in [0.717, 1.165) is 21.1 Å². The zero-order valence-corrected chi connectivity index (χ0v) is 14.3. The number of rotatable bonds is 2. The van der Waals surface area contributed by atoms with E-state index >= 15 is 0 Å². The Morgan fingerprint density at radius 3 is 3.09 bits per heavy atom. The monoisotopic (exact) mass is 342 g/mol. The van der Waals surface area contributed by atoms with E-state index in [1.165, 1.54) is 11.8 Å². The Bertz CT molecular complexity index is 882. The van der Waals surface area contributed by atoms with Crippen molar-refractivity contribution in [2.24, 2.45) is 4.99 Å². The van der Waals surface area contributed by atoms with Gasteiger partial charge in [-0.05, 0) is 31.0 Å². The van der Waals surface area contributed by atoms with Gasteiger partial charge in [0.2, 0.25) is 0 Å². The molecule has 7 heteroatoms. The maximum Gasteiger partial charge on any atom is 0.278 e. The largest absolute Gasteiger partial charge is 0.278 e. The molecule has 5 nitrogen and oxygen atoms in total. The number of nitrogens with zero attached hydrogens (tertiary/aromatic N) is 3. The quantitative estimate of drug-likeness (QED) is 0.904. The summed E-state index contributed by atoms with van der Waals surface area (Å²) in [6, 6.07) is 8.01. The van der Waals surface area contributed by atoms with Gasteiger partial charge in [-0.15, -0.1) is 0 Å². The third-order valence-corrected chi connectivity index (χ3v) is 5.83. The molecule has 2 heterocycles.